The second kappa shape index (κ2) is 5.81. The van der Waals surface area contributed by atoms with E-state index in [2.05, 4.69) is 35.5 Å². The van der Waals surface area contributed by atoms with E-state index in [1.165, 1.54) is 5.56 Å². The van der Waals surface area contributed by atoms with Crippen molar-refractivity contribution in [1.29, 1.82) is 0 Å². The Hall–Kier alpha value is -2.59. The molecule has 0 radical (unpaired) electrons. The molecule has 0 bridgehead atoms. The van der Waals surface area contributed by atoms with Gasteiger partial charge in [0.1, 0.15) is 23.7 Å². The van der Waals surface area contributed by atoms with Crippen LogP contribution in [0.4, 0.5) is 5.82 Å². The predicted molar refractivity (Wildman–Crippen MR) is 85.1 cm³/mol. The first-order valence-electron chi connectivity index (χ1n) is 6.81. The van der Waals surface area contributed by atoms with Crippen molar-refractivity contribution < 1.29 is 4.74 Å². The molecular weight excluding hydrogens is 262 g/mol. The van der Waals surface area contributed by atoms with E-state index in [4.69, 9.17) is 10.6 Å². The lowest BCUT2D eigenvalue weighted by Crippen LogP contribution is -2.08. The number of nitrogen functional groups attached to an aromatic ring is 1. The molecule has 4 nitrogen and oxygen atoms in total. The molecule has 0 aliphatic rings. The number of anilines is 1. The number of benzene rings is 2. The number of hydrazine groups is 1. The molecule has 0 amide bonds. The number of fused-ring (bicyclic) bond motifs is 1. The highest BCUT2D eigenvalue weighted by molar-refractivity contribution is 5.85. The standard InChI is InChI=1S/C17H17N3O/c1-12-4-2-5-13(10-12)11-21-15-7-3-6-14-8-9-16(20-18)19-17(14)15/h2-10H,11,18H2,1H3,(H,19,20). The first-order valence-corrected chi connectivity index (χ1v) is 6.81. The van der Waals surface area contributed by atoms with Gasteiger partial charge in [-0.2, -0.15) is 0 Å². The molecule has 0 atom stereocenters. The van der Waals surface area contributed by atoms with E-state index in [9.17, 15) is 0 Å². The van der Waals surface area contributed by atoms with Crippen molar-refractivity contribution in [3.63, 3.8) is 0 Å². The number of nitrogens with zero attached hydrogens (tertiary/aromatic N) is 1. The van der Waals surface area contributed by atoms with Crippen LogP contribution in [0.25, 0.3) is 10.9 Å². The number of hydrogen-bond donors (Lipinski definition) is 2. The van der Waals surface area contributed by atoms with E-state index in [0.717, 1.165) is 22.2 Å². The fraction of sp³-hybridized carbons (Fsp3) is 0.118. The van der Waals surface area contributed by atoms with Gasteiger partial charge >= 0.3 is 0 Å². The molecule has 0 fully saturated rings. The van der Waals surface area contributed by atoms with Crippen LogP contribution < -0.4 is 16.0 Å². The van der Waals surface area contributed by atoms with Crippen molar-refractivity contribution in [2.45, 2.75) is 13.5 Å². The van der Waals surface area contributed by atoms with E-state index >= 15 is 0 Å². The third-order valence-corrected chi connectivity index (χ3v) is 3.31. The van der Waals surface area contributed by atoms with Crippen molar-refractivity contribution in [1.82, 2.24) is 4.98 Å². The van der Waals surface area contributed by atoms with Crippen molar-refractivity contribution in [2.24, 2.45) is 5.84 Å². The Morgan fingerprint density at radius 1 is 1.10 bits per heavy atom. The van der Waals surface area contributed by atoms with Gasteiger partial charge in [0.2, 0.25) is 0 Å². The Labute approximate surface area is 123 Å². The molecule has 106 valence electrons. The average Bonchev–Trinajstić information content (AvgIpc) is 2.52. The van der Waals surface area contributed by atoms with Crippen molar-refractivity contribution in [3.8, 4) is 5.75 Å². The molecule has 0 saturated carbocycles. The Morgan fingerprint density at radius 3 is 2.76 bits per heavy atom. The number of aryl methyl sites for hydroxylation is 1. The predicted octanol–water partition coefficient (Wildman–Crippen LogP) is 3.41. The molecular formula is C17H17N3O. The minimum absolute atomic E-state index is 0.517. The fourth-order valence-corrected chi connectivity index (χ4v) is 2.28. The van der Waals surface area contributed by atoms with Gasteiger partial charge < -0.3 is 10.2 Å². The summed E-state index contributed by atoms with van der Waals surface area (Å²) in [5.74, 6) is 6.79. The maximum Gasteiger partial charge on any atom is 0.146 e. The number of nitrogens with two attached hydrogens (primary N) is 1. The molecule has 0 spiro atoms. The number of ether oxygens (including phenoxy) is 1. The zero-order valence-electron chi connectivity index (χ0n) is 11.8. The summed E-state index contributed by atoms with van der Waals surface area (Å²) in [6, 6.07) is 18.0. The van der Waals surface area contributed by atoms with Gasteiger partial charge in [-0.3, -0.25) is 0 Å². The summed E-state index contributed by atoms with van der Waals surface area (Å²) < 4.78 is 5.93. The van der Waals surface area contributed by atoms with Crippen LogP contribution >= 0.6 is 0 Å². The number of pyridine rings is 1. The Morgan fingerprint density at radius 2 is 1.95 bits per heavy atom. The third kappa shape index (κ3) is 2.95. The van der Waals surface area contributed by atoms with E-state index in [-0.39, 0.29) is 0 Å². The number of hydrogen-bond acceptors (Lipinski definition) is 4. The summed E-state index contributed by atoms with van der Waals surface area (Å²) in [6.45, 7) is 2.59. The van der Waals surface area contributed by atoms with Crippen LogP contribution in [0, 0.1) is 6.92 Å². The molecule has 2 aromatic carbocycles. The first-order chi connectivity index (χ1) is 10.3. The maximum absolute atomic E-state index is 5.93. The highest BCUT2D eigenvalue weighted by Gasteiger charge is 2.05. The van der Waals surface area contributed by atoms with E-state index in [1.54, 1.807) is 0 Å². The zero-order valence-corrected chi connectivity index (χ0v) is 11.8. The maximum atomic E-state index is 5.93. The van der Waals surface area contributed by atoms with Crippen LogP contribution in [0.5, 0.6) is 5.75 Å². The number of rotatable bonds is 4. The van der Waals surface area contributed by atoms with Crippen LogP contribution in [0.2, 0.25) is 0 Å². The summed E-state index contributed by atoms with van der Waals surface area (Å²) in [5, 5.41) is 1.02. The summed E-state index contributed by atoms with van der Waals surface area (Å²) >= 11 is 0. The van der Waals surface area contributed by atoms with Crippen LogP contribution in [0.1, 0.15) is 11.1 Å². The third-order valence-electron chi connectivity index (χ3n) is 3.31. The second-order valence-electron chi connectivity index (χ2n) is 4.95. The molecule has 1 aromatic heterocycles. The summed E-state index contributed by atoms with van der Waals surface area (Å²) in [5.41, 5.74) is 5.73. The van der Waals surface area contributed by atoms with E-state index in [1.807, 2.05) is 36.4 Å². The molecule has 4 heteroatoms. The summed E-state index contributed by atoms with van der Waals surface area (Å²) in [6.07, 6.45) is 0. The van der Waals surface area contributed by atoms with Crippen LogP contribution in [0.15, 0.2) is 54.6 Å². The molecule has 1 heterocycles. The molecule has 0 aliphatic heterocycles. The van der Waals surface area contributed by atoms with Gasteiger partial charge in [0, 0.05) is 5.39 Å². The van der Waals surface area contributed by atoms with E-state index < -0.39 is 0 Å². The van der Waals surface area contributed by atoms with Gasteiger partial charge in [-0.1, -0.05) is 42.0 Å². The lowest BCUT2D eigenvalue weighted by molar-refractivity contribution is 0.309. The molecule has 3 rings (SSSR count). The quantitative estimate of drug-likeness (QED) is 0.567. The Balaban J connectivity index is 1.89. The van der Waals surface area contributed by atoms with Crippen molar-refractivity contribution in [3.05, 3.63) is 65.7 Å². The number of aromatic nitrogens is 1. The molecule has 0 aliphatic carbocycles. The number of para-hydroxylation sites is 1. The van der Waals surface area contributed by atoms with Crippen LogP contribution in [0.3, 0.4) is 0 Å². The largest absolute Gasteiger partial charge is 0.487 e. The molecule has 0 saturated heterocycles. The smallest absolute Gasteiger partial charge is 0.146 e. The molecule has 3 N–H and O–H groups in total. The minimum atomic E-state index is 0.517. The highest BCUT2D eigenvalue weighted by Crippen LogP contribution is 2.25. The lowest BCUT2D eigenvalue weighted by Gasteiger charge is -2.10. The molecule has 0 unspecified atom stereocenters. The van der Waals surface area contributed by atoms with Gasteiger partial charge in [-0.25, -0.2) is 10.8 Å². The van der Waals surface area contributed by atoms with Gasteiger partial charge in [0.25, 0.3) is 0 Å². The normalized spacial score (nSPS) is 10.6. The lowest BCUT2D eigenvalue weighted by atomic mass is 10.1. The summed E-state index contributed by atoms with van der Waals surface area (Å²) in [4.78, 5) is 4.46. The first kappa shape index (κ1) is 13.4. The topological polar surface area (TPSA) is 60.2 Å². The van der Waals surface area contributed by atoms with Gasteiger partial charge in [0.15, 0.2) is 0 Å². The van der Waals surface area contributed by atoms with Gasteiger partial charge in [-0.05, 0) is 30.7 Å². The average molecular weight is 279 g/mol. The monoisotopic (exact) mass is 279 g/mol. The second-order valence-corrected chi connectivity index (χ2v) is 4.95. The fourth-order valence-electron chi connectivity index (χ4n) is 2.28. The Bertz CT molecular complexity index is 771. The minimum Gasteiger partial charge on any atom is -0.487 e. The highest BCUT2D eigenvalue weighted by atomic mass is 16.5. The Kier molecular flexibility index (Phi) is 3.71. The zero-order chi connectivity index (χ0) is 14.7. The summed E-state index contributed by atoms with van der Waals surface area (Å²) in [7, 11) is 0. The SMILES string of the molecule is Cc1cccc(COc2cccc3ccc(NN)nc23)c1. The molecule has 21 heavy (non-hydrogen) atoms. The van der Waals surface area contributed by atoms with Crippen molar-refractivity contribution in [2.75, 3.05) is 5.43 Å². The van der Waals surface area contributed by atoms with Crippen LogP contribution in [-0.2, 0) is 6.61 Å². The van der Waals surface area contributed by atoms with E-state index in [0.29, 0.717) is 12.4 Å². The van der Waals surface area contributed by atoms with Gasteiger partial charge in [0.05, 0.1) is 0 Å². The molecule has 3 aromatic rings. The van der Waals surface area contributed by atoms with Gasteiger partial charge in [-0.15, -0.1) is 0 Å². The van der Waals surface area contributed by atoms with Crippen molar-refractivity contribution >= 4 is 16.7 Å². The van der Waals surface area contributed by atoms with Crippen LogP contribution in [-0.4, -0.2) is 4.98 Å². The number of nitrogens with one attached hydrogen (secondary N) is 1.